The van der Waals surface area contributed by atoms with Gasteiger partial charge >= 0.3 is 5.97 Å². The number of aromatic amines is 1. The number of fused-ring (bicyclic) bond motifs is 3. The number of nitrogens with two attached hydrogens (primary N) is 1. The molecule has 1 aliphatic carbocycles. The summed E-state index contributed by atoms with van der Waals surface area (Å²) in [5.74, 6) is -0.922. The number of rotatable bonds is 1. The Morgan fingerprint density at radius 1 is 1.24 bits per heavy atom. The Balaban J connectivity index is 0.000000192. The van der Waals surface area contributed by atoms with Gasteiger partial charge in [-0.15, -0.1) is 0 Å². The van der Waals surface area contributed by atoms with Crippen LogP contribution in [0.1, 0.15) is 28.0 Å². The number of H-pyrrole nitrogens is 1. The zero-order chi connectivity index (χ0) is 17.8. The molecule has 0 radical (unpaired) electrons. The monoisotopic (exact) mass is 401 g/mol. The van der Waals surface area contributed by atoms with E-state index in [0.29, 0.717) is 11.3 Å². The maximum atomic E-state index is 11.2. The predicted molar refractivity (Wildman–Crippen MR) is 97.2 cm³/mol. The SMILES string of the molecule is Nc1cncc(Br)c1.O=C(O)c1c[nH]c2c1-c1ncncc1CCC2. The zero-order valence-electron chi connectivity index (χ0n) is 13.2. The molecule has 0 bridgehead atoms. The number of aromatic nitrogens is 4. The number of nitrogen functional groups attached to an aromatic ring is 1. The van der Waals surface area contributed by atoms with Crippen LogP contribution in [0.4, 0.5) is 5.69 Å². The molecule has 0 fully saturated rings. The highest BCUT2D eigenvalue weighted by atomic mass is 79.9. The smallest absolute Gasteiger partial charge is 0.337 e. The molecule has 0 aromatic carbocycles. The lowest BCUT2D eigenvalue weighted by atomic mass is 10.0. The molecule has 25 heavy (non-hydrogen) atoms. The number of aromatic carboxylic acids is 1. The number of anilines is 1. The Hall–Kier alpha value is -2.74. The first-order valence-corrected chi connectivity index (χ1v) is 8.44. The molecular weight excluding hydrogens is 386 g/mol. The van der Waals surface area contributed by atoms with Crippen molar-refractivity contribution in [3.05, 3.63) is 58.5 Å². The highest BCUT2D eigenvalue weighted by Gasteiger charge is 2.23. The van der Waals surface area contributed by atoms with Gasteiger partial charge in [-0.25, -0.2) is 14.8 Å². The molecule has 8 heteroatoms. The van der Waals surface area contributed by atoms with Crippen molar-refractivity contribution in [3.63, 3.8) is 0 Å². The van der Waals surface area contributed by atoms with E-state index in [9.17, 15) is 9.90 Å². The molecular formula is C17H16BrN5O2. The molecule has 0 unspecified atom stereocenters. The normalized spacial score (nSPS) is 12.2. The second-order valence-electron chi connectivity index (χ2n) is 5.55. The van der Waals surface area contributed by atoms with Gasteiger partial charge in [0.2, 0.25) is 0 Å². The van der Waals surface area contributed by atoms with E-state index in [1.807, 2.05) is 0 Å². The first-order valence-electron chi connectivity index (χ1n) is 7.65. The van der Waals surface area contributed by atoms with Crippen molar-refractivity contribution in [2.45, 2.75) is 19.3 Å². The molecule has 3 aromatic heterocycles. The third-order valence-corrected chi connectivity index (χ3v) is 4.25. The van der Waals surface area contributed by atoms with E-state index in [1.54, 1.807) is 30.9 Å². The van der Waals surface area contributed by atoms with Crippen LogP contribution in [-0.2, 0) is 12.8 Å². The molecule has 4 N–H and O–H groups in total. The fourth-order valence-electron chi connectivity index (χ4n) is 2.75. The van der Waals surface area contributed by atoms with Crippen molar-refractivity contribution in [1.29, 1.82) is 0 Å². The maximum Gasteiger partial charge on any atom is 0.337 e. The molecule has 3 heterocycles. The summed E-state index contributed by atoms with van der Waals surface area (Å²) in [6.07, 6.45) is 10.8. The lowest BCUT2D eigenvalue weighted by Crippen LogP contribution is -1.99. The Morgan fingerprint density at radius 2 is 2.08 bits per heavy atom. The van der Waals surface area contributed by atoms with E-state index >= 15 is 0 Å². The van der Waals surface area contributed by atoms with Gasteiger partial charge in [0.05, 0.1) is 16.9 Å². The second kappa shape index (κ2) is 7.43. The van der Waals surface area contributed by atoms with Crippen molar-refractivity contribution in [1.82, 2.24) is 19.9 Å². The number of carbonyl (C=O) groups is 1. The van der Waals surface area contributed by atoms with E-state index in [0.717, 1.165) is 46.2 Å². The van der Waals surface area contributed by atoms with E-state index < -0.39 is 5.97 Å². The summed E-state index contributed by atoms with van der Waals surface area (Å²) in [7, 11) is 0. The minimum Gasteiger partial charge on any atom is -0.478 e. The molecule has 0 amide bonds. The van der Waals surface area contributed by atoms with E-state index in [4.69, 9.17) is 5.73 Å². The van der Waals surface area contributed by atoms with Crippen LogP contribution in [0.3, 0.4) is 0 Å². The number of nitrogens with one attached hydrogen (secondary N) is 1. The third-order valence-electron chi connectivity index (χ3n) is 3.82. The molecule has 0 aliphatic heterocycles. The van der Waals surface area contributed by atoms with Crippen LogP contribution in [0.2, 0.25) is 0 Å². The van der Waals surface area contributed by atoms with Crippen LogP contribution in [0.5, 0.6) is 0 Å². The van der Waals surface area contributed by atoms with Gasteiger partial charge in [-0.3, -0.25) is 4.98 Å². The number of hydrogen-bond donors (Lipinski definition) is 3. The summed E-state index contributed by atoms with van der Waals surface area (Å²) in [4.78, 5) is 26.3. The molecule has 3 aromatic rings. The fourth-order valence-corrected chi connectivity index (χ4v) is 3.14. The third kappa shape index (κ3) is 3.85. The van der Waals surface area contributed by atoms with Gasteiger partial charge in [-0.2, -0.15) is 0 Å². The average Bonchev–Trinajstić information content (AvgIpc) is 2.91. The largest absolute Gasteiger partial charge is 0.478 e. The highest BCUT2D eigenvalue weighted by Crippen LogP contribution is 2.32. The predicted octanol–water partition coefficient (Wildman–Crippen LogP) is 3.08. The van der Waals surface area contributed by atoms with Crippen LogP contribution >= 0.6 is 15.9 Å². The molecule has 1 aliphatic rings. The number of halogens is 1. The standard InChI is InChI=1S/C12H11N3O2.C5H5BrN2/c16-12(17)8-5-14-9-3-1-2-7-4-13-6-15-11(7)10(8)9;6-4-1-5(7)3-8-2-4/h4-6,14H,1-3H2,(H,16,17);1-3H,7H2. The summed E-state index contributed by atoms with van der Waals surface area (Å²) in [5, 5.41) is 9.18. The van der Waals surface area contributed by atoms with Crippen molar-refractivity contribution >= 4 is 27.6 Å². The first kappa shape index (κ1) is 17.1. The Labute approximate surface area is 152 Å². The Kier molecular flexibility index (Phi) is 5.08. The molecule has 128 valence electrons. The number of carboxylic acids is 1. The number of aryl methyl sites for hydroxylation is 2. The van der Waals surface area contributed by atoms with E-state index in [2.05, 4.69) is 35.9 Å². The lowest BCUT2D eigenvalue weighted by Gasteiger charge is -2.04. The number of pyridine rings is 1. The highest BCUT2D eigenvalue weighted by molar-refractivity contribution is 9.10. The number of nitrogens with zero attached hydrogens (tertiary/aromatic N) is 3. The fraction of sp³-hybridized carbons (Fsp3) is 0.176. The summed E-state index contributed by atoms with van der Waals surface area (Å²) in [5.41, 5.74) is 9.80. The molecule has 0 saturated carbocycles. The maximum absolute atomic E-state index is 11.2. The first-order chi connectivity index (χ1) is 12.1. The molecule has 7 nitrogen and oxygen atoms in total. The summed E-state index contributed by atoms with van der Waals surface area (Å²) < 4.78 is 0.914. The van der Waals surface area contributed by atoms with Crippen LogP contribution in [-0.4, -0.2) is 31.0 Å². The van der Waals surface area contributed by atoms with Gasteiger partial charge < -0.3 is 15.8 Å². The summed E-state index contributed by atoms with van der Waals surface area (Å²) in [6.45, 7) is 0. The molecule has 0 spiro atoms. The van der Waals surface area contributed by atoms with Crippen molar-refractivity contribution in [2.24, 2.45) is 0 Å². The zero-order valence-corrected chi connectivity index (χ0v) is 14.8. The lowest BCUT2D eigenvalue weighted by molar-refractivity contribution is 0.0698. The molecule has 0 saturated heterocycles. The molecule has 0 atom stereocenters. The minimum absolute atomic E-state index is 0.293. The molecule has 4 rings (SSSR count). The van der Waals surface area contributed by atoms with Gasteiger partial charge in [0.25, 0.3) is 0 Å². The Morgan fingerprint density at radius 3 is 2.76 bits per heavy atom. The minimum atomic E-state index is -0.922. The summed E-state index contributed by atoms with van der Waals surface area (Å²) in [6, 6.07) is 1.80. The van der Waals surface area contributed by atoms with Gasteiger partial charge in [0.1, 0.15) is 6.33 Å². The van der Waals surface area contributed by atoms with Gasteiger partial charge in [0.15, 0.2) is 0 Å². The van der Waals surface area contributed by atoms with Crippen LogP contribution in [0.25, 0.3) is 11.3 Å². The van der Waals surface area contributed by atoms with Gasteiger partial charge in [0, 0.05) is 40.5 Å². The summed E-state index contributed by atoms with van der Waals surface area (Å²) >= 11 is 3.22. The van der Waals surface area contributed by atoms with Crippen molar-refractivity contribution in [2.75, 3.05) is 5.73 Å². The van der Waals surface area contributed by atoms with Crippen LogP contribution in [0.15, 0.2) is 41.7 Å². The van der Waals surface area contributed by atoms with Crippen molar-refractivity contribution < 1.29 is 9.90 Å². The Bertz CT molecular complexity index is 892. The van der Waals surface area contributed by atoms with Crippen molar-refractivity contribution in [3.8, 4) is 11.3 Å². The quantitative estimate of drug-likeness (QED) is 0.576. The van der Waals surface area contributed by atoms with E-state index in [1.165, 1.54) is 6.33 Å². The number of hydrogen-bond acceptors (Lipinski definition) is 5. The van der Waals surface area contributed by atoms with Gasteiger partial charge in [-0.05, 0) is 46.8 Å². The van der Waals surface area contributed by atoms with E-state index in [-0.39, 0.29) is 0 Å². The number of carboxylic acid groups (broad SMARTS) is 1. The average molecular weight is 402 g/mol. The topological polar surface area (TPSA) is 118 Å². The van der Waals surface area contributed by atoms with Gasteiger partial charge in [-0.1, -0.05) is 0 Å². The van der Waals surface area contributed by atoms with Crippen LogP contribution in [0, 0.1) is 0 Å². The second-order valence-corrected chi connectivity index (χ2v) is 6.46. The van der Waals surface area contributed by atoms with Crippen LogP contribution < -0.4 is 5.73 Å².